The first-order chi connectivity index (χ1) is 40.5. The fourth-order valence-corrected chi connectivity index (χ4v) is 11.7. The number of allylic oxidation sites excluding steroid dienone is 5. The van der Waals surface area contributed by atoms with Gasteiger partial charge in [-0.1, -0.05) is 352 Å². The van der Waals surface area contributed by atoms with Gasteiger partial charge in [0, 0.05) is 12.8 Å². The summed E-state index contributed by atoms with van der Waals surface area (Å²) in [6.45, 7) is 4.92. The second kappa shape index (κ2) is 71.6. The van der Waals surface area contributed by atoms with E-state index in [9.17, 15) is 19.8 Å². The minimum Gasteiger partial charge on any atom is -0.466 e. The van der Waals surface area contributed by atoms with Crippen molar-refractivity contribution in [3.05, 3.63) is 36.5 Å². The van der Waals surface area contributed by atoms with E-state index in [0.29, 0.717) is 19.4 Å². The zero-order chi connectivity index (χ0) is 59.2. The summed E-state index contributed by atoms with van der Waals surface area (Å²) in [6.07, 6.45) is 92.5. The van der Waals surface area contributed by atoms with E-state index in [1.165, 1.54) is 340 Å². The highest BCUT2D eigenvalue weighted by atomic mass is 16.5. The molecule has 0 aliphatic heterocycles. The third-order valence-corrected chi connectivity index (χ3v) is 17.4. The van der Waals surface area contributed by atoms with Crippen molar-refractivity contribution < 1.29 is 24.5 Å². The largest absolute Gasteiger partial charge is 0.466 e. The quantitative estimate of drug-likeness (QED) is 0.0320. The molecule has 0 bridgehead atoms. The molecule has 0 aromatic carbocycles. The summed E-state index contributed by atoms with van der Waals surface area (Å²) in [5, 5.41) is 23.2. The van der Waals surface area contributed by atoms with Crippen molar-refractivity contribution in [2.45, 2.75) is 424 Å². The molecule has 0 aromatic rings. The Morgan fingerprint density at radius 3 is 0.878 bits per heavy atom. The van der Waals surface area contributed by atoms with Crippen LogP contribution in [0, 0.1) is 0 Å². The van der Waals surface area contributed by atoms with Gasteiger partial charge in [-0.2, -0.15) is 0 Å². The molecule has 2 unspecified atom stereocenters. The average Bonchev–Trinajstić information content (AvgIpc) is 3.48. The van der Waals surface area contributed by atoms with Crippen LogP contribution in [-0.2, 0) is 14.3 Å². The highest BCUT2D eigenvalue weighted by molar-refractivity contribution is 5.76. The number of ether oxygens (including phenoxy) is 1. The summed E-state index contributed by atoms with van der Waals surface area (Å²) in [7, 11) is 0. The Kier molecular flexibility index (Phi) is 69.9. The third-order valence-electron chi connectivity index (χ3n) is 17.4. The van der Waals surface area contributed by atoms with Crippen LogP contribution in [0.5, 0.6) is 0 Å². The molecule has 0 rings (SSSR count). The van der Waals surface area contributed by atoms with Crippen LogP contribution < -0.4 is 5.32 Å². The van der Waals surface area contributed by atoms with Crippen molar-refractivity contribution in [1.82, 2.24) is 5.32 Å². The molecule has 0 heterocycles. The van der Waals surface area contributed by atoms with E-state index in [0.717, 1.165) is 44.9 Å². The Balaban J connectivity index is 3.37. The number of esters is 1. The van der Waals surface area contributed by atoms with Gasteiger partial charge in [-0.15, -0.1) is 0 Å². The molecule has 6 nitrogen and oxygen atoms in total. The second-order valence-corrected chi connectivity index (χ2v) is 25.6. The van der Waals surface area contributed by atoms with E-state index >= 15 is 0 Å². The van der Waals surface area contributed by atoms with E-state index in [-0.39, 0.29) is 18.5 Å². The lowest BCUT2D eigenvalue weighted by molar-refractivity contribution is -0.143. The molecule has 0 saturated heterocycles. The lowest BCUT2D eigenvalue weighted by Crippen LogP contribution is -2.45. The smallest absolute Gasteiger partial charge is 0.305 e. The minimum atomic E-state index is -0.843. The Morgan fingerprint density at radius 1 is 0.329 bits per heavy atom. The van der Waals surface area contributed by atoms with Crippen molar-refractivity contribution in [3.8, 4) is 0 Å². The predicted molar refractivity (Wildman–Crippen MR) is 361 cm³/mol. The predicted octanol–water partition coefficient (Wildman–Crippen LogP) is 24.3. The molecule has 0 radical (unpaired) electrons. The van der Waals surface area contributed by atoms with Gasteiger partial charge in [0.05, 0.1) is 25.4 Å². The van der Waals surface area contributed by atoms with Crippen molar-refractivity contribution in [2.75, 3.05) is 13.2 Å². The van der Waals surface area contributed by atoms with Gasteiger partial charge in [-0.3, -0.25) is 9.59 Å². The summed E-state index contributed by atoms with van der Waals surface area (Å²) >= 11 is 0. The van der Waals surface area contributed by atoms with Gasteiger partial charge in [-0.25, -0.2) is 0 Å². The molecule has 82 heavy (non-hydrogen) atoms. The van der Waals surface area contributed by atoms with Crippen LogP contribution in [-0.4, -0.2) is 47.4 Å². The molecule has 0 spiro atoms. The van der Waals surface area contributed by atoms with Gasteiger partial charge in [0.15, 0.2) is 0 Å². The number of rotatable bonds is 70. The second-order valence-electron chi connectivity index (χ2n) is 25.6. The molecular weight excluding hydrogens is 1010 g/mol. The molecular formula is C76H145NO5. The summed E-state index contributed by atoms with van der Waals surface area (Å²) in [5.41, 5.74) is 0. The van der Waals surface area contributed by atoms with Gasteiger partial charge in [0.25, 0.3) is 0 Å². The topological polar surface area (TPSA) is 95.9 Å². The molecule has 3 N–H and O–H groups in total. The normalized spacial score (nSPS) is 12.7. The first kappa shape index (κ1) is 80.1. The maximum absolute atomic E-state index is 12.5. The van der Waals surface area contributed by atoms with E-state index < -0.39 is 12.1 Å². The van der Waals surface area contributed by atoms with Crippen LogP contribution in [0.3, 0.4) is 0 Å². The van der Waals surface area contributed by atoms with E-state index in [1.807, 2.05) is 6.08 Å². The first-order valence-electron chi connectivity index (χ1n) is 37.3. The van der Waals surface area contributed by atoms with Gasteiger partial charge in [-0.05, 0) is 83.5 Å². The number of carbonyl (C=O) groups is 2. The molecule has 0 saturated carbocycles. The molecule has 2 atom stereocenters. The first-order valence-corrected chi connectivity index (χ1v) is 37.3. The van der Waals surface area contributed by atoms with Crippen LogP contribution in [0.25, 0.3) is 0 Å². The summed E-state index contributed by atoms with van der Waals surface area (Å²) in [6, 6.07) is -0.626. The Morgan fingerprint density at radius 2 is 0.573 bits per heavy atom. The Labute approximate surface area is 513 Å². The van der Waals surface area contributed by atoms with Crippen LogP contribution in [0.4, 0.5) is 0 Å². The molecule has 0 aromatic heterocycles. The van der Waals surface area contributed by atoms with Crippen LogP contribution >= 0.6 is 0 Å². The minimum absolute atomic E-state index is 0.00957. The molecule has 0 fully saturated rings. The van der Waals surface area contributed by atoms with Gasteiger partial charge >= 0.3 is 5.97 Å². The highest BCUT2D eigenvalue weighted by Crippen LogP contribution is 2.19. The van der Waals surface area contributed by atoms with Crippen LogP contribution in [0.2, 0.25) is 0 Å². The number of hydrogen-bond acceptors (Lipinski definition) is 5. The van der Waals surface area contributed by atoms with Crippen molar-refractivity contribution in [2.24, 2.45) is 0 Å². The van der Waals surface area contributed by atoms with Crippen molar-refractivity contribution in [3.63, 3.8) is 0 Å². The number of hydrogen-bond donors (Lipinski definition) is 3. The maximum atomic E-state index is 12.5. The molecule has 6 heteroatoms. The molecule has 0 aliphatic carbocycles. The molecule has 0 aliphatic rings. The SMILES string of the molecule is CCCCCC/C=C\CCCCCCCC(=O)OCCCCCCCCCCCCCC/C=C\CCCCCCCCCCCCCCCCCCCC(=O)NC(CO)C(O)/C=C/CCCCCCCCCCCCCCCCCCC. The van der Waals surface area contributed by atoms with Crippen molar-refractivity contribution >= 4 is 11.9 Å². The summed E-state index contributed by atoms with van der Waals surface area (Å²) < 4.78 is 5.48. The van der Waals surface area contributed by atoms with Crippen molar-refractivity contribution in [1.29, 1.82) is 0 Å². The zero-order valence-corrected chi connectivity index (χ0v) is 55.5. The maximum Gasteiger partial charge on any atom is 0.305 e. The van der Waals surface area contributed by atoms with Gasteiger partial charge < -0.3 is 20.3 Å². The molecule has 1 amide bonds. The third kappa shape index (κ3) is 67.2. The lowest BCUT2D eigenvalue weighted by atomic mass is 10.0. The fourth-order valence-electron chi connectivity index (χ4n) is 11.7. The number of aliphatic hydroxyl groups is 2. The number of unbranched alkanes of at least 4 members (excludes halogenated alkanes) is 55. The number of nitrogens with one attached hydrogen (secondary N) is 1. The van der Waals surface area contributed by atoms with Crippen LogP contribution in [0.15, 0.2) is 36.5 Å². The number of carbonyl (C=O) groups excluding carboxylic acids is 2. The van der Waals surface area contributed by atoms with Gasteiger partial charge in [0.1, 0.15) is 0 Å². The number of aliphatic hydroxyl groups excluding tert-OH is 2. The Hall–Kier alpha value is -1.92. The fraction of sp³-hybridized carbons (Fsp3) is 0.895. The average molecular weight is 1150 g/mol. The molecule has 484 valence electrons. The summed E-state index contributed by atoms with van der Waals surface area (Å²) in [4.78, 5) is 24.6. The Bertz CT molecular complexity index is 1330. The van der Waals surface area contributed by atoms with E-state index in [4.69, 9.17) is 4.74 Å². The number of amides is 1. The monoisotopic (exact) mass is 1150 g/mol. The lowest BCUT2D eigenvalue weighted by Gasteiger charge is -2.20. The van der Waals surface area contributed by atoms with Gasteiger partial charge in [0.2, 0.25) is 5.91 Å². The highest BCUT2D eigenvalue weighted by Gasteiger charge is 2.18. The van der Waals surface area contributed by atoms with Crippen LogP contribution in [0.1, 0.15) is 412 Å². The van der Waals surface area contributed by atoms with E-state index in [1.54, 1.807) is 6.08 Å². The zero-order valence-electron chi connectivity index (χ0n) is 55.5. The standard InChI is InChI=1S/C76H145NO5/c1-3-5-7-9-11-13-15-17-18-19-35-38-41-45-48-52-56-60-64-68-74(79)73(72-78)77-75(80)69-65-61-57-53-49-46-42-39-36-33-31-29-27-25-23-21-20-22-24-26-28-30-32-34-37-40-43-47-51-55-59-63-67-71-82-76(81)70-66-62-58-54-50-44-16-14-12-10-8-6-4-2/h14,16,24,26,64,68,73-74,78-79H,3-13,15,17-23,25,27-63,65-67,69-72H2,1-2H3,(H,77,80)/b16-14-,26-24-,68-64+. The summed E-state index contributed by atoms with van der Waals surface area (Å²) in [5.74, 6) is -0.0517. The van der Waals surface area contributed by atoms with E-state index in [2.05, 4.69) is 43.5 Å².